The van der Waals surface area contributed by atoms with Gasteiger partial charge in [-0.15, -0.1) is 0 Å². The van der Waals surface area contributed by atoms with Gasteiger partial charge in [0.25, 0.3) is 5.91 Å². The minimum absolute atomic E-state index is 0.156. The Balaban J connectivity index is 1.81. The Labute approximate surface area is 176 Å². The fourth-order valence-electron chi connectivity index (χ4n) is 2.71. The van der Waals surface area contributed by atoms with Gasteiger partial charge in [-0.25, -0.2) is 9.18 Å². The second-order valence-corrected chi connectivity index (χ2v) is 7.16. The van der Waals surface area contributed by atoms with Crippen molar-refractivity contribution in [3.63, 3.8) is 0 Å². The molecule has 0 radical (unpaired) electrons. The third kappa shape index (κ3) is 6.99. The van der Waals surface area contributed by atoms with E-state index >= 15 is 0 Å². The minimum Gasteiger partial charge on any atom is -0.452 e. The number of hydrogen-bond donors (Lipinski definition) is 1. The molecule has 0 saturated carbocycles. The largest absolute Gasteiger partial charge is 0.452 e. The lowest BCUT2D eigenvalue weighted by Gasteiger charge is -2.20. The van der Waals surface area contributed by atoms with Crippen molar-refractivity contribution in [3.05, 3.63) is 71.0 Å². The molecule has 0 fully saturated rings. The molecule has 160 valence electrons. The van der Waals surface area contributed by atoms with Crippen molar-refractivity contribution in [2.24, 2.45) is 0 Å². The van der Waals surface area contributed by atoms with Crippen LogP contribution in [0.15, 0.2) is 48.5 Å². The lowest BCUT2D eigenvalue weighted by atomic mass is 10.0. The SMILES string of the molecule is CCN(CC(=O)NCc1ccc(F)cc1)C(=O)COC(=O)c1ccc(C(C)C)cc1. The molecule has 0 saturated heterocycles. The van der Waals surface area contributed by atoms with Gasteiger partial charge in [-0.1, -0.05) is 38.1 Å². The Kier molecular flexibility index (Phi) is 8.53. The first-order chi connectivity index (χ1) is 14.3. The average Bonchev–Trinajstić information content (AvgIpc) is 2.75. The van der Waals surface area contributed by atoms with Gasteiger partial charge in [0.1, 0.15) is 5.82 Å². The summed E-state index contributed by atoms with van der Waals surface area (Å²) in [6, 6.07) is 12.8. The summed E-state index contributed by atoms with van der Waals surface area (Å²) in [4.78, 5) is 37.9. The third-order valence-corrected chi connectivity index (χ3v) is 4.61. The zero-order valence-corrected chi connectivity index (χ0v) is 17.5. The Morgan fingerprint density at radius 1 is 1.03 bits per heavy atom. The summed E-state index contributed by atoms with van der Waals surface area (Å²) in [6.45, 7) is 5.77. The number of nitrogens with zero attached hydrogens (tertiary/aromatic N) is 1. The average molecular weight is 414 g/mol. The normalized spacial score (nSPS) is 10.6. The van der Waals surface area contributed by atoms with Crippen molar-refractivity contribution < 1.29 is 23.5 Å². The van der Waals surface area contributed by atoms with Gasteiger partial charge in [-0.3, -0.25) is 9.59 Å². The maximum atomic E-state index is 12.9. The summed E-state index contributed by atoms with van der Waals surface area (Å²) in [5.41, 5.74) is 2.22. The smallest absolute Gasteiger partial charge is 0.338 e. The number of amides is 2. The maximum Gasteiger partial charge on any atom is 0.338 e. The van der Waals surface area contributed by atoms with Crippen molar-refractivity contribution in [1.82, 2.24) is 10.2 Å². The Bertz CT molecular complexity index is 864. The van der Waals surface area contributed by atoms with Crippen LogP contribution in [-0.4, -0.2) is 42.4 Å². The molecule has 0 aliphatic carbocycles. The third-order valence-electron chi connectivity index (χ3n) is 4.61. The van der Waals surface area contributed by atoms with Gasteiger partial charge in [-0.05, 0) is 48.2 Å². The van der Waals surface area contributed by atoms with E-state index in [4.69, 9.17) is 4.74 Å². The van der Waals surface area contributed by atoms with Gasteiger partial charge in [0.2, 0.25) is 5.91 Å². The molecule has 0 spiro atoms. The Morgan fingerprint density at radius 3 is 2.23 bits per heavy atom. The lowest BCUT2D eigenvalue weighted by molar-refractivity contribution is -0.138. The number of likely N-dealkylation sites (N-methyl/N-ethyl adjacent to an activating group) is 1. The predicted molar refractivity (Wildman–Crippen MR) is 111 cm³/mol. The van der Waals surface area contributed by atoms with E-state index in [0.717, 1.165) is 11.1 Å². The van der Waals surface area contributed by atoms with Gasteiger partial charge in [0, 0.05) is 13.1 Å². The minimum atomic E-state index is -0.588. The van der Waals surface area contributed by atoms with E-state index in [-0.39, 0.29) is 24.8 Å². The summed E-state index contributed by atoms with van der Waals surface area (Å²) >= 11 is 0. The summed E-state index contributed by atoms with van der Waals surface area (Å²) < 4.78 is 18.0. The highest BCUT2D eigenvalue weighted by Crippen LogP contribution is 2.15. The van der Waals surface area contributed by atoms with Gasteiger partial charge in [-0.2, -0.15) is 0 Å². The summed E-state index contributed by atoms with van der Waals surface area (Å²) in [6.07, 6.45) is 0. The number of carbonyl (C=O) groups is 3. The van der Waals surface area contributed by atoms with Crippen LogP contribution in [0.4, 0.5) is 4.39 Å². The molecule has 0 aliphatic rings. The summed E-state index contributed by atoms with van der Waals surface area (Å²) in [5.74, 6) is -1.40. The number of ether oxygens (including phenoxy) is 1. The molecule has 2 rings (SSSR count). The molecule has 7 heteroatoms. The van der Waals surface area contributed by atoms with Crippen molar-refractivity contribution >= 4 is 17.8 Å². The number of carbonyl (C=O) groups excluding carboxylic acids is 3. The molecule has 0 atom stereocenters. The van der Waals surface area contributed by atoms with Crippen LogP contribution in [0.25, 0.3) is 0 Å². The lowest BCUT2D eigenvalue weighted by Crippen LogP contribution is -2.42. The highest BCUT2D eigenvalue weighted by Gasteiger charge is 2.18. The molecule has 1 N–H and O–H groups in total. The first-order valence-corrected chi connectivity index (χ1v) is 9.86. The van der Waals surface area contributed by atoms with E-state index in [9.17, 15) is 18.8 Å². The summed E-state index contributed by atoms with van der Waals surface area (Å²) in [5, 5.41) is 2.68. The van der Waals surface area contributed by atoms with E-state index in [1.165, 1.54) is 17.0 Å². The highest BCUT2D eigenvalue weighted by atomic mass is 19.1. The number of esters is 1. The van der Waals surface area contributed by atoms with Gasteiger partial charge < -0.3 is 15.0 Å². The van der Waals surface area contributed by atoms with Gasteiger partial charge in [0.15, 0.2) is 6.61 Å². The van der Waals surface area contributed by atoms with Crippen molar-refractivity contribution in [3.8, 4) is 0 Å². The standard InChI is InChI=1S/C23H27FN2O4/c1-4-26(14-21(27)25-13-17-5-11-20(24)12-6-17)22(28)15-30-23(29)19-9-7-18(8-10-19)16(2)3/h5-12,16H,4,13-15H2,1-3H3,(H,25,27). The van der Waals surface area contributed by atoms with Crippen LogP contribution in [0.5, 0.6) is 0 Å². The molecule has 2 amide bonds. The highest BCUT2D eigenvalue weighted by molar-refractivity contribution is 5.92. The zero-order valence-electron chi connectivity index (χ0n) is 17.5. The van der Waals surface area contributed by atoms with E-state index in [1.54, 1.807) is 31.2 Å². The van der Waals surface area contributed by atoms with E-state index in [2.05, 4.69) is 19.2 Å². The zero-order chi connectivity index (χ0) is 22.1. The molecule has 0 aliphatic heterocycles. The summed E-state index contributed by atoms with van der Waals surface area (Å²) in [7, 11) is 0. The first-order valence-electron chi connectivity index (χ1n) is 9.86. The molecule has 0 aromatic heterocycles. The predicted octanol–water partition coefficient (Wildman–Crippen LogP) is 3.27. The van der Waals surface area contributed by atoms with Crippen LogP contribution in [0.3, 0.4) is 0 Å². The number of halogens is 1. The topological polar surface area (TPSA) is 75.7 Å². The van der Waals surface area contributed by atoms with Crippen molar-refractivity contribution in [1.29, 1.82) is 0 Å². The fourth-order valence-corrected chi connectivity index (χ4v) is 2.71. The quantitative estimate of drug-likeness (QED) is 0.639. The molecular weight excluding hydrogens is 387 g/mol. The van der Waals surface area contributed by atoms with Crippen LogP contribution < -0.4 is 5.32 Å². The Morgan fingerprint density at radius 2 is 1.67 bits per heavy atom. The molecule has 6 nitrogen and oxygen atoms in total. The molecular formula is C23H27FN2O4. The van der Waals surface area contributed by atoms with Crippen LogP contribution in [0, 0.1) is 5.82 Å². The number of rotatable bonds is 9. The van der Waals surface area contributed by atoms with Crippen LogP contribution in [0.1, 0.15) is 48.2 Å². The van der Waals surface area contributed by atoms with Gasteiger partial charge >= 0.3 is 5.97 Å². The van der Waals surface area contributed by atoms with Crippen molar-refractivity contribution in [2.45, 2.75) is 33.2 Å². The second-order valence-electron chi connectivity index (χ2n) is 7.16. The number of nitrogens with one attached hydrogen (secondary N) is 1. The van der Waals surface area contributed by atoms with E-state index in [0.29, 0.717) is 18.0 Å². The number of benzene rings is 2. The first kappa shape index (κ1) is 23.1. The van der Waals surface area contributed by atoms with E-state index in [1.807, 2.05) is 12.1 Å². The van der Waals surface area contributed by atoms with Crippen LogP contribution >= 0.6 is 0 Å². The molecule has 30 heavy (non-hydrogen) atoms. The monoisotopic (exact) mass is 414 g/mol. The molecule has 0 unspecified atom stereocenters. The van der Waals surface area contributed by atoms with Crippen LogP contribution in [0.2, 0.25) is 0 Å². The Hall–Kier alpha value is -3.22. The molecule has 2 aromatic rings. The maximum absolute atomic E-state index is 12.9. The number of hydrogen-bond acceptors (Lipinski definition) is 4. The molecule has 0 bridgehead atoms. The van der Waals surface area contributed by atoms with Crippen molar-refractivity contribution in [2.75, 3.05) is 19.7 Å². The molecule has 0 heterocycles. The van der Waals surface area contributed by atoms with Crippen LogP contribution in [-0.2, 0) is 20.9 Å². The second kappa shape index (κ2) is 11.1. The fraction of sp³-hybridized carbons (Fsp3) is 0.348. The molecule has 2 aromatic carbocycles. The van der Waals surface area contributed by atoms with E-state index < -0.39 is 18.5 Å². The van der Waals surface area contributed by atoms with Gasteiger partial charge in [0.05, 0.1) is 12.1 Å².